The van der Waals surface area contributed by atoms with Crippen LogP contribution in [0.25, 0.3) is 21.9 Å². The largest absolute Gasteiger partial charge is 0.495 e. The third kappa shape index (κ3) is 3.41. The van der Waals surface area contributed by atoms with E-state index in [1.54, 1.807) is 19.1 Å². The summed E-state index contributed by atoms with van der Waals surface area (Å²) in [4.78, 5) is 12.7. The van der Waals surface area contributed by atoms with Crippen molar-refractivity contribution in [3.63, 3.8) is 0 Å². The molecule has 0 amide bonds. The van der Waals surface area contributed by atoms with Crippen LogP contribution < -0.4 is 10.2 Å². The number of aliphatic hydroxyl groups excluding tert-OH is 3. The van der Waals surface area contributed by atoms with Crippen LogP contribution in [-0.4, -0.2) is 53.1 Å². The van der Waals surface area contributed by atoms with Crippen molar-refractivity contribution in [3.8, 4) is 5.75 Å². The number of fused-ring (bicyclic) bond motifs is 2. The predicted octanol–water partition coefficient (Wildman–Crippen LogP) is 1.28. The molecule has 9 nitrogen and oxygen atoms in total. The zero-order valence-electron chi connectivity index (χ0n) is 15.9. The van der Waals surface area contributed by atoms with Crippen molar-refractivity contribution in [2.24, 2.45) is 0 Å². The minimum atomic E-state index is -1.44. The van der Waals surface area contributed by atoms with Crippen LogP contribution >= 0.6 is 0 Å². The van der Waals surface area contributed by atoms with Gasteiger partial charge in [0.25, 0.3) is 0 Å². The maximum absolute atomic E-state index is 12.7. The first-order valence-electron chi connectivity index (χ1n) is 9.26. The number of furan rings is 1. The van der Waals surface area contributed by atoms with Crippen LogP contribution in [0.2, 0.25) is 0 Å². The summed E-state index contributed by atoms with van der Waals surface area (Å²) < 4.78 is 27.6. The number of aliphatic hydroxyl groups is 3. The third-order valence-corrected chi connectivity index (χ3v) is 5.12. The molecule has 1 aromatic carbocycles. The van der Waals surface area contributed by atoms with Gasteiger partial charge < -0.3 is 38.4 Å². The van der Waals surface area contributed by atoms with Gasteiger partial charge in [-0.2, -0.15) is 0 Å². The topological polar surface area (TPSA) is 132 Å². The molecule has 3 N–H and O–H groups in total. The summed E-state index contributed by atoms with van der Waals surface area (Å²) in [7, 11) is 1.46. The lowest BCUT2D eigenvalue weighted by molar-refractivity contribution is -0.300. The lowest BCUT2D eigenvalue weighted by Gasteiger charge is -2.39. The second kappa shape index (κ2) is 7.77. The van der Waals surface area contributed by atoms with Crippen LogP contribution in [-0.2, 0) is 16.1 Å². The average Bonchev–Trinajstić information content (AvgIpc) is 3.18. The average molecular weight is 406 g/mol. The normalized spacial score (nSPS) is 27.6. The smallest absolute Gasteiger partial charge is 0.196 e. The van der Waals surface area contributed by atoms with Crippen molar-refractivity contribution >= 4 is 21.9 Å². The highest BCUT2D eigenvalue weighted by atomic mass is 16.7. The Labute approximate surface area is 165 Å². The molecule has 156 valence electrons. The standard InChI is InChI=1S/C20H22O9/c1-3-12-16(22)17(23)18(24)20(29-12)27-8-9-6-11(21)15-14(28-9)7-13-10(4-5-26-13)19(15)25-2/h4-7,12,16-18,20,22-24H,3,8H2,1-2H3. The molecule has 0 radical (unpaired) electrons. The van der Waals surface area contributed by atoms with Crippen molar-refractivity contribution in [1.29, 1.82) is 0 Å². The molecule has 1 fully saturated rings. The van der Waals surface area contributed by atoms with Crippen LogP contribution in [0.1, 0.15) is 19.1 Å². The highest BCUT2D eigenvalue weighted by molar-refractivity contribution is 6.01. The molecule has 1 aliphatic heterocycles. The van der Waals surface area contributed by atoms with Crippen molar-refractivity contribution in [1.82, 2.24) is 0 Å². The molecule has 0 saturated carbocycles. The van der Waals surface area contributed by atoms with Crippen molar-refractivity contribution in [3.05, 3.63) is 40.4 Å². The SMILES string of the molecule is CCC1OC(OCc2cc(=O)c3c(OC)c4ccoc4cc3o2)C(O)C(O)C1O. The molecule has 29 heavy (non-hydrogen) atoms. The minimum absolute atomic E-state index is 0.190. The van der Waals surface area contributed by atoms with E-state index in [-0.39, 0.29) is 28.8 Å². The maximum Gasteiger partial charge on any atom is 0.196 e. The number of ether oxygens (including phenoxy) is 3. The summed E-state index contributed by atoms with van der Waals surface area (Å²) >= 11 is 0. The highest BCUT2D eigenvalue weighted by Crippen LogP contribution is 2.34. The Bertz CT molecular complexity index is 1070. The van der Waals surface area contributed by atoms with Gasteiger partial charge in [-0.25, -0.2) is 0 Å². The van der Waals surface area contributed by atoms with Crippen molar-refractivity contribution < 1.29 is 38.4 Å². The van der Waals surface area contributed by atoms with E-state index in [0.717, 1.165) is 0 Å². The first-order chi connectivity index (χ1) is 13.9. The molecule has 0 bridgehead atoms. The summed E-state index contributed by atoms with van der Waals surface area (Å²) in [5, 5.41) is 30.9. The van der Waals surface area contributed by atoms with E-state index in [1.807, 2.05) is 0 Å². The van der Waals surface area contributed by atoms with Gasteiger partial charge in [-0.05, 0) is 12.5 Å². The summed E-state index contributed by atoms with van der Waals surface area (Å²) in [5.41, 5.74) is 0.448. The Kier molecular flexibility index (Phi) is 5.32. The van der Waals surface area contributed by atoms with Gasteiger partial charge in [-0.3, -0.25) is 4.79 Å². The van der Waals surface area contributed by atoms with E-state index < -0.39 is 30.7 Å². The van der Waals surface area contributed by atoms with E-state index in [9.17, 15) is 20.1 Å². The van der Waals surface area contributed by atoms with Crippen molar-refractivity contribution in [2.45, 2.75) is 50.7 Å². The Morgan fingerprint density at radius 1 is 1.10 bits per heavy atom. The first kappa shape index (κ1) is 19.9. The Hall–Kier alpha value is -2.43. The van der Waals surface area contributed by atoms with Gasteiger partial charge in [0.05, 0.1) is 24.9 Å². The number of hydrogen-bond donors (Lipinski definition) is 3. The molecule has 3 aromatic rings. The zero-order valence-corrected chi connectivity index (χ0v) is 15.9. The molecule has 4 rings (SSSR count). The Balaban J connectivity index is 1.62. The molecular weight excluding hydrogens is 384 g/mol. The zero-order chi connectivity index (χ0) is 20.7. The molecule has 9 heteroatoms. The van der Waals surface area contributed by atoms with Gasteiger partial charge in [0.15, 0.2) is 11.7 Å². The van der Waals surface area contributed by atoms with E-state index in [0.29, 0.717) is 23.1 Å². The fourth-order valence-electron chi connectivity index (χ4n) is 3.60. The monoisotopic (exact) mass is 406 g/mol. The maximum atomic E-state index is 12.7. The number of benzene rings is 1. The summed E-state index contributed by atoms with van der Waals surface area (Å²) in [5.74, 6) is 0.557. The van der Waals surface area contributed by atoms with E-state index in [2.05, 4.69) is 0 Å². The van der Waals surface area contributed by atoms with Gasteiger partial charge in [0.1, 0.15) is 53.0 Å². The fraction of sp³-hybridized carbons (Fsp3) is 0.450. The van der Waals surface area contributed by atoms with E-state index in [1.165, 1.54) is 19.4 Å². The Morgan fingerprint density at radius 2 is 1.90 bits per heavy atom. The van der Waals surface area contributed by atoms with Crippen LogP contribution in [0.3, 0.4) is 0 Å². The summed E-state index contributed by atoms with van der Waals surface area (Å²) in [6.45, 7) is 1.59. The van der Waals surface area contributed by atoms with Crippen molar-refractivity contribution in [2.75, 3.05) is 7.11 Å². The molecule has 3 heterocycles. The Morgan fingerprint density at radius 3 is 2.62 bits per heavy atom. The quantitative estimate of drug-likeness (QED) is 0.573. The molecule has 0 spiro atoms. The van der Waals surface area contributed by atoms with Crippen LogP contribution in [0, 0.1) is 0 Å². The van der Waals surface area contributed by atoms with E-state index in [4.69, 9.17) is 23.0 Å². The molecule has 2 aromatic heterocycles. The third-order valence-electron chi connectivity index (χ3n) is 5.12. The van der Waals surface area contributed by atoms with E-state index >= 15 is 0 Å². The molecule has 5 unspecified atom stereocenters. The highest BCUT2D eigenvalue weighted by Gasteiger charge is 2.43. The summed E-state index contributed by atoms with van der Waals surface area (Å²) in [6, 6.07) is 4.57. The minimum Gasteiger partial charge on any atom is -0.495 e. The van der Waals surface area contributed by atoms with Gasteiger partial charge in [-0.15, -0.1) is 0 Å². The lowest BCUT2D eigenvalue weighted by atomic mass is 9.97. The molecule has 1 aliphatic rings. The number of rotatable bonds is 5. The van der Waals surface area contributed by atoms with Crippen LogP contribution in [0.4, 0.5) is 0 Å². The second-order valence-electron chi connectivity index (χ2n) is 6.93. The van der Waals surface area contributed by atoms with Gasteiger partial charge in [-0.1, -0.05) is 6.92 Å². The second-order valence-corrected chi connectivity index (χ2v) is 6.93. The van der Waals surface area contributed by atoms with Gasteiger partial charge in [0, 0.05) is 12.1 Å². The van der Waals surface area contributed by atoms with Gasteiger partial charge in [0.2, 0.25) is 0 Å². The summed E-state index contributed by atoms with van der Waals surface area (Å²) in [6.07, 6.45) is -4.00. The number of hydrogen-bond acceptors (Lipinski definition) is 9. The molecule has 5 atom stereocenters. The van der Waals surface area contributed by atoms with Crippen LogP contribution in [0.15, 0.2) is 38.1 Å². The lowest BCUT2D eigenvalue weighted by Crippen LogP contribution is -2.57. The van der Waals surface area contributed by atoms with Crippen LogP contribution in [0.5, 0.6) is 5.75 Å². The molecule has 0 aliphatic carbocycles. The predicted molar refractivity (Wildman–Crippen MR) is 101 cm³/mol. The number of methoxy groups -OCH3 is 1. The first-order valence-corrected chi connectivity index (χ1v) is 9.26. The van der Waals surface area contributed by atoms with Gasteiger partial charge >= 0.3 is 0 Å². The fourth-order valence-corrected chi connectivity index (χ4v) is 3.60. The molecule has 1 saturated heterocycles. The molecular formula is C20H22O9.